The molecule has 0 aromatic heterocycles. The quantitative estimate of drug-likeness (QED) is 0.0261. The minimum absolute atomic E-state index is 0.0844. The van der Waals surface area contributed by atoms with Gasteiger partial charge in [-0.05, 0) is 96.3 Å². The lowest BCUT2D eigenvalue weighted by molar-refractivity contribution is -0.167. The molecule has 0 N–H and O–H groups in total. The van der Waals surface area contributed by atoms with Crippen molar-refractivity contribution < 1.29 is 28.6 Å². The standard InChI is InChI=1S/C69H122O6/c1-4-7-10-13-16-19-22-25-28-31-34-37-40-43-46-49-52-55-58-61-67(70)73-64-66(75-69(72)63-60-57-54-51-48-45-42-39-36-33-30-27-24-21-18-15-12-9-6-3)65-74-68(71)62-59-56-53-50-47-44-41-38-35-32-29-26-23-20-17-14-11-8-5-2/h16,18-19,21,25,27-28,30,34,37,43,46,66H,4-15,17,20,22-24,26,29,31-33,35-36,38-42,44-45,47-65H2,1-3H3/b19-16+,21-18+,28-25+,30-27+,37-34+,46-43+/t66-/m0/s1. The van der Waals surface area contributed by atoms with Crippen molar-refractivity contribution in [2.45, 2.75) is 335 Å². The molecule has 0 aliphatic carbocycles. The summed E-state index contributed by atoms with van der Waals surface area (Å²) >= 11 is 0. The highest BCUT2D eigenvalue weighted by atomic mass is 16.6. The molecule has 0 radical (unpaired) electrons. The van der Waals surface area contributed by atoms with Crippen LogP contribution in [0.1, 0.15) is 329 Å². The molecule has 0 aromatic rings. The summed E-state index contributed by atoms with van der Waals surface area (Å²) in [5.41, 5.74) is 0. The first-order chi connectivity index (χ1) is 37.0. The fourth-order valence-electron chi connectivity index (χ4n) is 9.28. The van der Waals surface area contributed by atoms with E-state index in [1.165, 1.54) is 199 Å². The minimum atomic E-state index is -0.791. The van der Waals surface area contributed by atoms with Gasteiger partial charge >= 0.3 is 17.9 Å². The van der Waals surface area contributed by atoms with Crippen LogP contribution in [0, 0.1) is 0 Å². The van der Waals surface area contributed by atoms with Crippen LogP contribution in [0.2, 0.25) is 0 Å². The maximum absolute atomic E-state index is 12.9. The highest BCUT2D eigenvalue weighted by molar-refractivity contribution is 5.71. The molecular formula is C69H122O6. The summed E-state index contributed by atoms with van der Waals surface area (Å²) in [4.78, 5) is 38.4. The van der Waals surface area contributed by atoms with Crippen LogP contribution in [-0.2, 0) is 28.6 Å². The molecule has 0 saturated carbocycles. The molecule has 434 valence electrons. The molecule has 0 heterocycles. The van der Waals surface area contributed by atoms with Gasteiger partial charge in [0.1, 0.15) is 13.2 Å². The molecule has 6 nitrogen and oxygen atoms in total. The summed E-state index contributed by atoms with van der Waals surface area (Å²) in [5.74, 6) is -0.904. The van der Waals surface area contributed by atoms with Gasteiger partial charge in [-0.25, -0.2) is 0 Å². The second-order valence-electron chi connectivity index (χ2n) is 21.7. The highest BCUT2D eigenvalue weighted by Crippen LogP contribution is 2.17. The number of hydrogen-bond donors (Lipinski definition) is 0. The Bertz CT molecular complexity index is 1390. The first kappa shape index (κ1) is 71.8. The van der Waals surface area contributed by atoms with Gasteiger partial charge in [0.05, 0.1) is 0 Å². The average molecular weight is 1050 g/mol. The Kier molecular flexibility index (Phi) is 60.7. The topological polar surface area (TPSA) is 78.9 Å². The lowest BCUT2D eigenvalue weighted by atomic mass is 10.0. The molecule has 0 aliphatic rings. The lowest BCUT2D eigenvalue weighted by Gasteiger charge is -2.18. The SMILES string of the molecule is CCCCC/C=C/C/C=C/C/C=C/C/C=C/CCCCCC(=O)OC[C@@H](COC(=O)CCCCCCCCCCCCCCCCCCCCC)OC(=O)CCCCCCCCCCC/C=C/C/C=C/CCCCC. The van der Waals surface area contributed by atoms with Gasteiger partial charge in [0, 0.05) is 19.3 Å². The van der Waals surface area contributed by atoms with Crippen molar-refractivity contribution >= 4 is 17.9 Å². The van der Waals surface area contributed by atoms with Crippen molar-refractivity contribution in [2.24, 2.45) is 0 Å². The molecule has 0 bridgehead atoms. The molecular weight excluding hydrogens is 925 g/mol. The summed E-state index contributed by atoms with van der Waals surface area (Å²) in [7, 11) is 0. The van der Waals surface area contributed by atoms with Crippen molar-refractivity contribution in [1.29, 1.82) is 0 Å². The van der Waals surface area contributed by atoms with Crippen molar-refractivity contribution in [3.05, 3.63) is 72.9 Å². The normalized spacial score (nSPS) is 12.5. The molecule has 0 rings (SSSR count). The van der Waals surface area contributed by atoms with E-state index >= 15 is 0 Å². The second-order valence-corrected chi connectivity index (χ2v) is 21.7. The zero-order chi connectivity index (χ0) is 54.3. The van der Waals surface area contributed by atoms with Gasteiger partial charge in [0.2, 0.25) is 0 Å². The van der Waals surface area contributed by atoms with E-state index in [4.69, 9.17) is 14.2 Å². The first-order valence-corrected chi connectivity index (χ1v) is 32.4. The lowest BCUT2D eigenvalue weighted by Crippen LogP contribution is -2.30. The molecule has 75 heavy (non-hydrogen) atoms. The van der Waals surface area contributed by atoms with Crippen molar-refractivity contribution in [2.75, 3.05) is 13.2 Å². The number of rotatable bonds is 59. The number of allylic oxidation sites excluding steroid dienone is 12. The maximum atomic E-state index is 12.9. The van der Waals surface area contributed by atoms with E-state index < -0.39 is 6.10 Å². The molecule has 0 saturated heterocycles. The predicted molar refractivity (Wildman–Crippen MR) is 325 cm³/mol. The molecule has 0 aliphatic heterocycles. The summed E-state index contributed by atoms with van der Waals surface area (Å²) in [6.45, 7) is 6.60. The Morgan fingerprint density at radius 3 is 0.787 bits per heavy atom. The van der Waals surface area contributed by atoms with Crippen LogP contribution in [0.25, 0.3) is 0 Å². The van der Waals surface area contributed by atoms with E-state index in [0.29, 0.717) is 19.3 Å². The number of esters is 3. The molecule has 0 amide bonds. The Hall–Kier alpha value is -3.15. The number of carbonyl (C=O) groups excluding carboxylic acids is 3. The van der Waals surface area contributed by atoms with Crippen LogP contribution in [-0.4, -0.2) is 37.2 Å². The second kappa shape index (κ2) is 63.4. The average Bonchev–Trinajstić information content (AvgIpc) is 3.41. The molecule has 1 atom stereocenters. The largest absolute Gasteiger partial charge is 0.462 e. The monoisotopic (exact) mass is 1050 g/mol. The van der Waals surface area contributed by atoms with Crippen LogP contribution < -0.4 is 0 Å². The predicted octanol–water partition coefficient (Wildman–Crippen LogP) is 22.1. The van der Waals surface area contributed by atoms with E-state index in [2.05, 4.69) is 93.7 Å². The minimum Gasteiger partial charge on any atom is -0.462 e. The Morgan fingerprint density at radius 2 is 0.480 bits per heavy atom. The van der Waals surface area contributed by atoms with Gasteiger partial charge in [-0.2, -0.15) is 0 Å². The van der Waals surface area contributed by atoms with Crippen molar-refractivity contribution in [3.63, 3.8) is 0 Å². The van der Waals surface area contributed by atoms with E-state index in [0.717, 1.165) is 89.9 Å². The molecule has 0 unspecified atom stereocenters. The van der Waals surface area contributed by atoms with Gasteiger partial charge < -0.3 is 14.2 Å². The third-order valence-electron chi connectivity index (χ3n) is 14.2. The van der Waals surface area contributed by atoms with Crippen LogP contribution in [0.3, 0.4) is 0 Å². The zero-order valence-electron chi connectivity index (χ0n) is 49.8. The third kappa shape index (κ3) is 61.6. The summed E-state index contributed by atoms with van der Waals surface area (Å²) in [6, 6.07) is 0. The van der Waals surface area contributed by atoms with Crippen LogP contribution in [0.5, 0.6) is 0 Å². The molecule has 6 heteroatoms. The smallest absolute Gasteiger partial charge is 0.306 e. The van der Waals surface area contributed by atoms with Gasteiger partial charge in [-0.1, -0.05) is 286 Å². The molecule has 0 fully saturated rings. The van der Waals surface area contributed by atoms with E-state index in [1.807, 2.05) is 0 Å². The van der Waals surface area contributed by atoms with Crippen molar-refractivity contribution in [1.82, 2.24) is 0 Å². The van der Waals surface area contributed by atoms with Gasteiger partial charge in [0.15, 0.2) is 6.10 Å². The maximum Gasteiger partial charge on any atom is 0.306 e. The zero-order valence-corrected chi connectivity index (χ0v) is 49.8. The van der Waals surface area contributed by atoms with Gasteiger partial charge in [0.25, 0.3) is 0 Å². The van der Waals surface area contributed by atoms with Crippen LogP contribution >= 0.6 is 0 Å². The summed E-state index contributed by atoms with van der Waals surface area (Å²) in [5, 5.41) is 0. The van der Waals surface area contributed by atoms with Crippen molar-refractivity contribution in [3.8, 4) is 0 Å². The number of carbonyl (C=O) groups is 3. The fraction of sp³-hybridized carbons (Fsp3) is 0.783. The third-order valence-corrected chi connectivity index (χ3v) is 14.2. The number of unbranched alkanes of at least 4 members (excludes halogenated alkanes) is 36. The van der Waals surface area contributed by atoms with Crippen LogP contribution in [0.4, 0.5) is 0 Å². The van der Waals surface area contributed by atoms with E-state index in [1.54, 1.807) is 0 Å². The van der Waals surface area contributed by atoms with Gasteiger partial charge in [-0.15, -0.1) is 0 Å². The fourth-order valence-corrected chi connectivity index (χ4v) is 9.28. The summed E-state index contributed by atoms with van der Waals surface area (Å²) < 4.78 is 16.9. The molecule has 0 spiro atoms. The number of ether oxygens (including phenoxy) is 3. The Balaban J connectivity index is 4.42. The van der Waals surface area contributed by atoms with E-state index in [9.17, 15) is 14.4 Å². The van der Waals surface area contributed by atoms with Gasteiger partial charge in [-0.3, -0.25) is 14.4 Å². The first-order valence-electron chi connectivity index (χ1n) is 32.4. The highest BCUT2D eigenvalue weighted by Gasteiger charge is 2.19. The Morgan fingerprint density at radius 1 is 0.267 bits per heavy atom. The van der Waals surface area contributed by atoms with E-state index in [-0.39, 0.29) is 31.1 Å². The molecule has 0 aromatic carbocycles. The van der Waals surface area contributed by atoms with Crippen LogP contribution in [0.15, 0.2) is 72.9 Å². The number of hydrogen-bond acceptors (Lipinski definition) is 6. The summed E-state index contributed by atoms with van der Waals surface area (Å²) in [6.07, 6.45) is 81.8. The Labute approximate surface area is 465 Å².